The van der Waals surface area contributed by atoms with Crippen LogP contribution in [-0.2, 0) is 0 Å². The lowest BCUT2D eigenvalue weighted by molar-refractivity contribution is 0.217. The van der Waals surface area contributed by atoms with Gasteiger partial charge in [-0.2, -0.15) is 0 Å². The van der Waals surface area contributed by atoms with Gasteiger partial charge in [-0.25, -0.2) is 4.79 Å². The number of urea groups is 1. The van der Waals surface area contributed by atoms with Gasteiger partial charge in [0, 0.05) is 26.2 Å². The highest BCUT2D eigenvalue weighted by molar-refractivity contribution is 5.76. The molecule has 0 radical (unpaired) electrons. The number of amides is 2. The first-order chi connectivity index (χ1) is 8.36. The molecular formula is C13H23N3O. The maximum atomic E-state index is 11.3. The summed E-state index contributed by atoms with van der Waals surface area (Å²) in [4.78, 5) is 13.1. The zero-order valence-electron chi connectivity index (χ0n) is 10.5. The summed E-state index contributed by atoms with van der Waals surface area (Å²) >= 11 is 0. The van der Waals surface area contributed by atoms with E-state index in [0.29, 0.717) is 0 Å². The van der Waals surface area contributed by atoms with Crippen molar-refractivity contribution in [1.29, 1.82) is 0 Å². The lowest BCUT2D eigenvalue weighted by atomic mass is 9.97. The summed E-state index contributed by atoms with van der Waals surface area (Å²) in [6.07, 6.45) is 8.85. The first-order valence-corrected chi connectivity index (χ1v) is 6.77. The Kier molecular flexibility index (Phi) is 4.86. The zero-order valence-corrected chi connectivity index (χ0v) is 10.5. The first kappa shape index (κ1) is 12.4. The van der Waals surface area contributed by atoms with Gasteiger partial charge in [0.1, 0.15) is 0 Å². The molecule has 0 unspecified atom stereocenters. The van der Waals surface area contributed by atoms with E-state index in [9.17, 15) is 4.79 Å². The van der Waals surface area contributed by atoms with Crippen molar-refractivity contribution in [2.45, 2.75) is 32.1 Å². The average Bonchev–Trinajstić information content (AvgIpc) is 2.76. The molecule has 4 heteroatoms. The topological polar surface area (TPSA) is 44.4 Å². The lowest BCUT2D eigenvalue weighted by Gasteiger charge is -2.15. The fraction of sp³-hybridized carbons (Fsp3) is 0.769. The average molecular weight is 237 g/mol. The van der Waals surface area contributed by atoms with Crippen molar-refractivity contribution in [3.8, 4) is 0 Å². The van der Waals surface area contributed by atoms with Crippen LogP contribution < -0.4 is 10.6 Å². The van der Waals surface area contributed by atoms with E-state index in [1.54, 1.807) is 5.57 Å². The second-order valence-corrected chi connectivity index (χ2v) is 4.83. The van der Waals surface area contributed by atoms with Gasteiger partial charge in [-0.1, -0.05) is 11.6 Å². The Balaban J connectivity index is 1.51. The molecule has 2 aliphatic rings. The molecule has 4 nitrogen and oxygen atoms in total. The van der Waals surface area contributed by atoms with Crippen molar-refractivity contribution in [3.63, 3.8) is 0 Å². The Bertz CT molecular complexity index is 288. The Hall–Kier alpha value is -1.03. The molecule has 2 rings (SSSR count). The largest absolute Gasteiger partial charge is 0.336 e. The standard InChI is InChI=1S/C13H23N3O/c17-13-15-9-11-16(13)10-8-14-7-6-12-4-2-1-3-5-12/h4,14H,1-3,5-11H2,(H,15,17). The molecule has 1 saturated heterocycles. The number of hydrogen-bond donors (Lipinski definition) is 2. The van der Waals surface area contributed by atoms with Crippen LogP contribution in [0.2, 0.25) is 0 Å². The van der Waals surface area contributed by atoms with E-state index >= 15 is 0 Å². The van der Waals surface area contributed by atoms with E-state index in [1.165, 1.54) is 32.1 Å². The second-order valence-electron chi connectivity index (χ2n) is 4.83. The minimum Gasteiger partial charge on any atom is -0.336 e. The Morgan fingerprint density at radius 1 is 1.35 bits per heavy atom. The molecular weight excluding hydrogens is 214 g/mol. The molecule has 0 saturated carbocycles. The fourth-order valence-corrected chi connectivity index (χ4v) is 2.44. The van der Waals surface area contributed by atoms with E-state index < -0.39 is 0 Å². The number of nitrogens with one attached hydrogen (secondary N) is 2. The molecule has 0 atom stereocenters. The van der Waals surface area contributed by atoms with Crippen LogP contribution in [-0.4, -0.2) is 43.7 Å². The summed E-state index contributed by atoms with van der Waals surface area (Å²) in [5, 5.41) is 6.23. The third kappa shape index (κ3) is 4.04. The number of carbonyl (C=O) groups is 1. The number of hydrogen-bond acceptors (Lipinski definition) is 2. The number of nitrogens with zero attached hydrogens (tertiary/aromatic N) is 1. The predicted octanol–water partition coefficient (Wildman–Crippen LogP) is 1.49. The normalized spacial score (nSPS) is 20.4. The summed E-state index contributed by atoms with van der Waals surface area (Å²) in [6.45, 7) is 4.42. The SMILES string of the molecule is O=C1NCCN1CCNCCC1=CCCCC1. The fourth-order valence-electron chi connectivity index (χ4n) is 2.44. The van der Waals surface area contributed by atoms with Gasteiger partial charge in [-0.05, 0) is 38.6 Å². The van der Waals surface area contributed by atoms with Crippen molar-refractivity contribution in [2.24, 2.45) is 0 Å². The lowest BCUT2D eigenvalue weighted by Crippen LogP contribution is -2.35. The molecule has 0 aromatic carbocycles. The van der Waals surface area contributed by atoms with E-state index in [1.807, 2.05) is 4.90 Å². The van der Waals surface area contributed by atoms with E-state index in [-0.39, 0.29) is 6.03 Å². The van der Waals surface area contributed by atoms with Gasteiger partial charge in [0.2, 0.25) is 0 Å². The Labute approximate surface area is 103 Å². The van der Waals surface area contributed by atoms with E-state index in [2.05, 4.69) is 16.7 Å². The van der Waals surface area contributed by atoms with Crippen molar-refractivity contribution < 1.29 is 4.79 Å². The molecule has 96 valence electrons. The second kappa shape index (κ2) is 6.64. The summed E-state index contributed by atoms with van der Waals surface area (Å²) in [6, 6.07) is 0.0850. The van der Waals surface area contributed by atoms with Gasteiger partial charge in [0.15, 0.2) is 0 Å². The van der Waals surface area contributed by atoms with Gasteiger partial charge in [-0.3, -0.25) is 0 Å². The predicted molar refractivity (Wildman–Crippen MR) is 69.0 cm³/mol. The molecule has 2 N–H and O–H groups in total. The molecule has 1 aliphatic heterocycles. The minimum atomic E-state index is 0.0850. The third-order valence-electron chi connectivity index (χ3n) is 3.51. The molecule has 0 aromatic rings. The van der Waals surface area contributed by atoms with Crippen molar-refractivity contribution >= 4 is 6.03 Å². The van der Waals surface area contributed by atoms with Crippen LogP contribution in [0.15, 0.2) is 11.6 Å². The highest BCUT2D eigenvalue weighted by atomic mass is 16.2. The van der Waals surface area contributed by atoms with Crippen LogP contribution in [0.5, 0.6) is 0 Å². The molecule has 1 aliphatic carbocycles. The van der Waals surface area contributed by atoms with Crippen LogP contribution >= 0.6 is 0 Å². The molecule has 1 fully saturated rings. The van der Waals surface area contributed by atoms with Crippen molar-refractivity contribution in [3.05, 3.63) is 11.6 Å². The van der Waals surface area contributed by atoms with Crippen LogP contribution in [0.1, 0.15) is 32.1 Å². The van der Waals surface area contributed by atoms with Crippen LogP contribution in [0.4, 0.5) is 4.79 Å². The quantitative estimate of drug-likeness (QED) is 0.543. The van der Waals surface area contributed by atoms with Gasteiger partial charge in [0.25, 0.3) is 0 Å². The minimum absolute atomic E-state index is 0.0850. The Morgan fingerprint density at radius 2 is 2.29 bits per heavy atom. The smallest absolute Gasteiger partial charge is 0.317 e. The summed E-state index contributed by atoms with van der Waals surface area (Å²) < 4.78 is 0. The molecule has 17 heavy (non-hydrogen) atoms. The van der Waals surface area contributed by atoms with Crippen LogP contribution in [0.25, 0.3) is 0 Å². The molecule has 2 amide bonds. The van der Waals surface area contributed by atoms with Crippen LogP contribution in [0.3, 0.4) is 0 Å². The van der Waals surface area contributed by atoms with E-state index in [4.69, 9.17) is 0 Å². The first-order valence-electron chi connectivity index (χ1n) is 6.77. The maximum absolute atomic E-state index is 11.3. The highest BCUT2D eigenvalue weighted by Gasteiger charge is 2.17. The van der Waals surface area contributed by atoms with Crippen molar-refractivity contribution in [1.82, 2.24) is 15.5 Å². The summed E-state index contributed by atoms with van der Waals surface area (Å²) in [5.41, 5.74) is 1.61. The maximum Gasteiger partial charge on any atom is 0.317 e. The number of carbonyl (C=O) groups excluding carboxylic acids is 1. The zero-order chi connectivity index (χ0) is 11.9. The van der Waals surface area contributed by atoms with E-state index in [0.717, 1.165) is 32.7 Å². The summed E-state index contributed by atoms with van der Waals surface area (Å²) in [7, 11) is 0. The highest BCUT2D eigenvalue weighted by Crippen LogP contribution is 2.19. The molecule has 0 spiro atoms. The van der Waals surface area contributed by atoms with Gasteiger partial charge in [0.05, 0.1) is 0 Å². The molecule has 1 heterocycles. The third-order valence-corrected chi connectivity index (χ3v) is 3.51. The monoisotopic (exact) mass is 237 g/mol. The number of rotatable bonds is 6. The molecule has 0 bridgehead atoms. The Morgan fingerprint density at radius 3 is 3.00 bits per heavy atom. The van der Waals surface area contributed by atoms with Gasteiger partial charge >= 0.3 is 6.03 Å². The molecule has 0 aromatic heterocycles. The van der Waals surface area contributed by atoms with Gasteiger partial charge < -0.3 is 15.5 Å². The van der Waals surface area contributed by atoms with Crippen molar-refractivity contribution in [2.75, 3.05) is 32.7 Å². The van der Waals surface area contributed by atoms with Crippen LogP contribution in [0, 0.1) is 0 Å². The summed E-state index contributed by atoms with van der Waals surface area (Å²) in [5.74, 6) is 0. The number of allylic oxidation sites excluding steroid dienone is 1. The van der Waals surface area contributed by atoms with Gasteiger partial charge in [-0.15, -0.1) is 0 Å².